The van der Waals surface area contributed by atoms with Gasteiger partial charge in [0.05, 0.1) is 0 Å². The fourth-order valence-electron chi connectivity index (χ4n) is 4.80. The molecule has 0 aliphatic heterocycles. The summed E-state index contributed by atoms with van der Waals surface area (Å²) in [6, 6.07) is 11.7. The smallest absolute Gasteiger partial charge is 0.223 e. The van der Waals surface area contributed by atoms with Crippen LogP contribution < -0.4 is 0 Å². The molecule has 1 aromatic rings. The van der Waals surface area contributed by atoms with Crippen LogP contribution in [0.2, 0.25) is 0 Å². The lowest BCUT2D eigenvalue weighted by atomic mass is 9.88. The second-order valence-electron chi connectivity index (χ2n) is 8.08. The number of rotatable bonds is 7. The van der Waals surface area contributed by atoms with Gasteiger partial charge in [-0.25, -0.2) is 0 Å². The first-order valence-corrected chi connectivity index (χ1v) is 10.7. The Morgan fingerprint density at radius 2 is 1.36 bits per heavy atom. The maximum absolute atomic E-state index is 13.1. The molecule has 0 N–H and O–H groups in total. The minimum Gasteiger partial charge on any atom is -0.337 e. The van der Waals surface area contributed by atoms with Crippen molar-refractivity contribution in [3.05, 3.63) is 35.9 Å². The molecule has 0 radical (unpaired) electrons. The predicted molar refractivity (Wildman–Crippen MR) is 105 cm³/mol. The van der Waals surface area contributed by atoms with Crippen LogP contribution in [0, 0.1) is 0 Å². The fourth-order valence-corrected chi connectivity index (χ4v) is 4.80. The van der Waals surface area contributed by atoms with E-state index in [4.69, 9.17) is 0 Å². The largest absolute Gasteiger partial charge is 0.337 e. The number of aryl methyl sites for hydroxylation is 1. The minimum absolute atomic E-state index is 0.451. The molecule has 1 amide bonds. The van der Waals surface area contributed by atoms with Crippen molar-refractivity contribution in [2.75, 3.05) is 0 Å². The maximum atomic E-state index is 13.1. The van der Waals surface area contributed by atoms with Crippen LogP contribution in [0.4, 0.5) is 0 Å². The molecule has 138 valence electrons. The second-order valence-corrected chi connectivity index (χ2v) is 8.08. The number of amides is 1. The minimum atomic E-state index is 0.451. The molecule has 2 aliphatic carbocycles. The molecule has 0 unspecified atom stereocenters. The van der Waals surface area contributed by atoms with Crippen LogP contribution in [0.5, 0.6) is 0 Å². The van der Waals surface area contributed by atoms with Gasteiger partial charge in [0.25, 0.3) is 0 Å². The van der Waals surface area contributed by atoms with Crippen molar-refractivity contribution in [3.8, 4) is 0 Å². The van der Waals surface area contributed by atoms with E-state index in [1.54, 1.807) is 0 Å². The van der Waals surface area contributed by atoms with Gasteiger partial charge in [0.15, 0.2) is 0 Å². The van der Waals surface area contributed by atoms with E-state index in [0.29, 0.717) is 18.0 Å². The van der Waals surface area contributed by atoms with Crippen LogP contribution in [-0.2, 0) is 11.2 Å². The highest BCUT2D eigenvalue weighted by Gasteiger charge is 2.31. The maximum Gasteiger partial charge on any atom is 0.223 e. The van der Waals surface area contributed by atoms with Crippen LogP contribution in [0.25, 0.3) is 0 Å². The lowest BCUT2D eigenvalue weighted by Crippen LogP contribution is -2.48. The van der Waals surface area contributed by atoms with Gasteiger partial charge in [-0.05, 0) is 50.5 Å². The van der Waals surface area contributed by atoms with Crippen LogP contribution in [-0.4, -0.2) is 22.9 Å². The average molecular weight is 342 g/mol. The number of hydrogen-bond acceptors (Lipinski definition) is 1. The molecule has 0 saturated heterocycles. The summed E-state index contributed by atoms with van der Waals surface area (Å²) in [7, 11) is 0. The van der Waals surface area contributed by atoms with Crippen molar-refractivity contribution in [3.63, 3.8) is 0 Å². The lowest BCUT2D eigenvalue weighted by molar-refractivity contribution is -0.138. The summed E-state index contributed by atoms with van der Waals surface area (Å²) < 4.78 is 0. The van der Waals surface area contributed by atoms with Crippen molar-refractivity contribution in [2.24, 2.45) is 0 Å². The highest BCUT2D eigenvalue weighted by molar-refractivity contribution is 5.77. The van der Waals surface area contributed by atoms with Gasteiger partial charge >= 0.3 is 0 Å². The van der Waals surface area contributed by atoms with E-state index in [-0.39, 0.29) is 0 Å². The van der Waals surface area contributed by atoms with Gasteiger partial charge in [-0.3, -0.25) is 4.79 Å². The quantitative estimate of drug-likeness (QED) is 0.566. The van der Waals surface area contributed by atoms with Crippen molar-refractivity contribution < 1.29 is 4.79 Å². The SMILES string of the molecule is O=C(CCCCc1ccccc1)N(C1CCCCC1)C1CCCCC1. The molecule has 0 bridgehead atoms. The van der Waals surface area contributed by atoms with Gasteiger partial charge < -0.3 is 4.90 Å². The average Bonchev–Trinajstić information content (AvgIpc) is 2.68. The fraction of sp³-hybridized carbons (Fsp3) is 0.696. The van der Waals surface area contributed by atoms with Crippen LogP contribution in [0.3, 0.4) is 0 Å². The van der Waals surface area contributed by atoms with Crippen molar-refractivity contribution in [1.82, 2.24) is 4.90 Å². The summed E-state index contributed by atoms with van der Waals surface area (Å²) in [4.78, 5) is 15.5. The standard InChI is InChI=1S/C23H35NO/c25-23(19-11-10-14-20-12-4-1-5-13-20)24(21-15-6-2-7-16-21)22-17-8-3-9-18-22/h1,4-5,12-13,21-22H,2-3,6-11,14-19H2. The van der Waals surface area contributed by atoms with Gasteiger partial charge in [-0.1, -0.05) is 68.9 Å². The first-order valence-electron chi connectivity index (χ1n) is 10.7. The second kappa shape index (κ2) is 9.99. The third-order valence-electron chi connectivity index (χ3n) is 6.17. The van der Waals surface area contributed by atoms with Gasteiger partial charge in [0, 0.05) is 18.5 Å². The molecule has 25 heavy (non-hydrogen) atoms. The molecular formula is C23H35NO. The summed E-state index contributed by atoms with van der Waals surface area (Å²) >= 11 is 0. The Labute approximate surface area is 154 Å². The third kappa shape index (κ3) is 5.59. The number of carbonyl (C=O) groups excluding carboxylic acids is 1. The normalized spacial score (nSPS) is 19.7. The first kappa shape index (κ1) is 18.5. The van der Waals surface area contributed by atoms with Crippen molar-refractivity contribution >= 4 is 5.91 Å². The number of nitrogens with zero attached hydrogens (tertiary/aromatic N) is 1. The van der Waals surface area contributed by atoms with E-state index < -0.39 is 0 Å². The number of carbonyl (C=O) groups is 1. The Kier molecular flexibility index (Phi) is 7.38. The Balaban J connectivity index is 1.51. The Hall–Kier alpha value is -1.31. The molecule has 2 aliphatic rings. The zero-order valence-corrected chi connectivity index (χ0v) is 15.8. The number of benzene rings is 1. The molecule has 1 aromatic carbocycles. The predicted octanol–water partition coefficient (Wildman–Crippen LogP) is 5.89. The molecule has 0 heterocycles. The third-order valence-corrected chi connectivity index (χ3v) is 6.17. The highest BCUT2D eigenvalue weighted by atomic mass is 16.2. The summed E-state index contributed by atoms with van der Waals surface area (Å²) in [5, 5.41) is 0. The van der Waals surface area contributed by atoms with Gasteiger partial charge in [-0.2, -0.15) is 0 Å². The Bertz CT molecular complexity index is 482. The van der Waals surface area contributed by atoms with Gasteiger partial charge in [0.1, 0.15) is 0 Å². The zero-order chi connectivity index (χ0) is 17.3. The van der Waals surface area contributed by atoms with Gasteiger partial charge in [-0.15, -0.1) is 0 Å². The van der Waals surface area contributed by atoms with Crippen molar-refractivity contribution in [1.29, 1.82) is 0 Å². The molecule has 0 atom stereocenters. The van der Waals surface area contributed by atoms with Crippen LogP contribution >= 0.6 is 0 Å². The summed E-state index contributed by atoms with van der Waals surface area (Å²) in [5.41, 5.74) is 1.39. The highest BCUT2D eigenvalue weighted by Crippen LogP contribution is 2.31. The molecule has 0 spiro atoms. The van der Waals surface area contributed by atoms with Crippen LogP contribution in [0.1, 0.15) is 89.0 Å². The molecular weight excluding hydrogens is 306 g/mol. The molecule has 3 rings (SSSR count). The molecule has 2 fully saturated rings. The Morgan fingerprint density at radius 3 is 1.92 bits per heavy atom. The number of unbranched alkanes of at least 4 members (excludes halogenated alkanes) is 1. The summed E-state index contributed by atoms with van der Waals surface area (Å²) in [6.45, 7) is 0. The monoisotopic (exact) mass is 341 g/mol. The van der Waals surface area contributed by atoms with Gasteiger partial charge in [0.2, 0.25) is 5.91 Å². The molecule has 2 nitrogen and oxygen atoms in total. The zero-order valence-electron chi connectivity index (χ0n) is 15.8. The van der Waals surface area contributed by atoms with E-state index in [9.17, 15) is 4.79 Å². The first-order chi connectivity index (χ1) is 12.3. The topological polar surface area (TPSA) is 20.3 Å². The van der Waals surface area contributed by atoms with E-state index in [0.717, 1.165) is 25.7 Å². The number of hydrogen-bond donors (Lipinski definition) is 0. The summed E-state index contributed by atoms with van der Waals surface area (Å²) in [5.74, 6) is 0.451. The van der Waals surface area contributed by atoms with E-state index >= 15 is 0 Å². The van der Waals surface area contributed by atoms with Crippen molar-refractivity contribution in [2.45, 2.75) is 102 Å². The molecule has 2 heteroatoms. The molecule has 2 saturated carbocycles. The van der Waals surface area contributed by atoms with E-state index in [1.807, 2.05) is 0 Å². The molecule has 0 aromatic heterocycles. The lowest BCUT2D eigenvalue weighted by Gasteiger charge is -2.42. The summed E-state index contributed by atoms with van der Waals surface area (Å²) in [6.07, 6.45) is 17.0. The Morgan fingerprint density at radius 1 is 0.800 bits per heavy atom. The van der Waals surface area contributed by atoms with E-state index in [2.05, 4.69) is 35.2 Å². The van der Waals surface area contributed by atoms with E-state index in [1.165, 1.54) is 69.8 Å². The van der Waals surface area contributed by atoms with Crippen LogP contribution in [0.15, 0.2) is 30.3 Å².